The molecule has 2 N–H and O–H groups in total. The van der Waals surface area contributed by atoms with Crippen molar-refractivity contribution in [3.63, 3.8) is 0 Å². The summed E-state index contributed by atoms with van der Waals surface area (Å²) in [6, 6.07) is 0.578. The third-order valence-electron chi connectivity index (χ3n) is 3.75. The molecule has 0 aliphatic heterocycles. The Hall–Kier alpha value is -0.830. The van der Waals surface area contributed by atoms with Crippen LogP contribution in [0.15, 0.2) is 12.4 Å². The number of rotatable bonds is 5. The van der Waals surface area contributed by atoms with Crippen LogP contribution in [0.2, 0.25) is 0 Å². The fraction of sp³-hybridized carbons (Fsp3) is 0.769. The largest absolute Gasteiger partial charge is 0.349 e. The highest BCUT2D eigenvalue weighted by Crippen LogP contribution is 2.27. The van der Waals surface area contributed by atoms with Gasteiger partial charge in [0.1, 0.15) is 5.82 Å². The first-order valence-electron chi connectivity index (χ1n) is 6.54. The number of aromatic nitrogens is 2. The summed E-state index contributed by atoms with van der Waals surface area (Å²) < 4.78 is 0. The SMILES string of the molecule is CNC(Cc1ncc[nH]1)CC1CCCCC1. The van der Waals surface area contributed by atoms with Gasteiger partial charge in [-0.05, 0) is 19.4 Å². The van der Waals surface area contributed by atoms with Crippen LogP contribution in [0.5, 0.6) is 0 Å². The Balaban J connectivity index is 1.80. The Morgan fingerprint density at radius 3 is 2.88 bits per heavy atom. The number of nitrogens with one attached hydrogen (secondary N) is 2. The molecule has 0 saturated heterocycles. The van der Waals surface area contributed by atoms with Gasteiger partial charge in [-0.2, -0.15) is 0 Å². The monoisotopic (exact) mass is 221 g/mol. The van der Waals surface area contributed by atoms with E-state index in [-0.39, 0.29) is 0 Å². The average Bonchev–Trinajstić information content (AvgIpc) is 2.82. The van der Waals surface area contributed by atoms with Crippen LogP contribution < -0.4 is 5.32 Å². The van der Waals surface area contributed by atoms with E-state index in [0.29, 0.717) is 6.04 Å². The van der Waals surface area contributed by atoms with Gasteiger partial charge < -0.3 is 10.3 Å². The van der Waals surface area contributed by atoms with Gasteiger partial charge >= 0.3 is 0 Å². The maximum absolute atomic E-state index is 4.30. The molecule has 1 saturated carbocycles. The van der Waals surface area contributed by atoms with Crippen molar-refractivity contribution in [3.05, 3.63) is 18.2 Å². The Labute approximate surface area is 98.1 Å². The highest BCUT2D eigenvalue weighted by Gasteiger charge is 2.18. The summed E-state index contributed by atoms with van der Waals surface area (Å²) in [5.41, 5.74) is 0. The maximum atomic E-state index is 4.30. The number of hydrogen-bond donors (Lipinski definition) is 2. The molecule has 2 rings (SSSR count). The number of hydrogen-bond acceptors (Lipinski definition) is 2. The second-order valence-corrected chi connectivity index (χ2v) is 4.97. The Kier molecular flexibility index (Phi) is 4.40. The molecule has 3 heteroatoms. The van der Waals surface area contributed by atoms with E-state index in [9.17, 15) is 0 Å². The van der Waals surface area contributed by atoms with Crippen molar-refractivity contribution in [1.82, 2.24) is 15.3 Å². The summed E-state index contributed by atoms with van der Waals surface area (Å²) in [5.74, 6) is 2.04. The molecule has 1 unspecified atom stereocenters. The molecule has 0 bridgehead atoms. The van der Waals surface area contributed by atoms with E-state index >= 15 is 0 Å². The molecule has 1 atom stereocenters. The first-order chi connectivity index (χ1) is 7.88. The lowest BCUT2D eigenvalue weighted by Gasteiger charge is -2.26. The van der Waals surface area contributed by atoms with Crippen LogP contribution >= 0.6 is 0 Å². The Bertz CT molecular complexity index is 275. The molecule has 1 fully saturated rings. The van der Waals surface area contributed by atoms with Crippen LogP contribution in [0, 0.1) is 5.92 Å². The smallest absolute Gasteiger partial charge is 0.107 e. The normalized spacial score (nSPS) is 19.8. The third-order valence-corrected chi connectivity index (χ3v) is 3.75. The van der Waals surface area contributed by atoms with Gasteiger partial charge in [0.15, 0.2) is 0 Å². The van der Waals surface area contributed by atoms with Crippen molar-refractivity contribution in [2.45, 2.75) is 51.0 Å². The van der Waals surface area contributed by atoms with E-state index in [0.717, 1.165) is 18.2 Å². The first kappa shape index (κ1) is 11.6. The molecule has 0 spiro atoms. The van der Waals surface area contributed by atoms with Gasteiger partial charge in [0.05, 0.1) is 0 Å². The third kappa shape index (κ3) is 3.34. The summed E-state index contributed by atoms with van der Waals surface area (Å²) in [4.78, 5) is 7.49. The summed E-state index contributed by atoms with van der Waals surface area (Å²) in [6.45, 7) is 0. The van der Waals surface area contributed by atoms with E-state index in [4.69, 9.17) is 0 Å². The Morgan fingerprint density at radius 1 is 1.44 bits per heavy atom. The number of H-pyrrole nitrogens is 1. The van der Waals surface area contributed by atoms with E-state index in [1.54, 1.807) is 0 Å². The molecular formula is C13H23N3. The summed E-state index contributed by atoms with van der Waals surface area (Å²) >= 11 is 0. The molecule has 0 aromatic carbocycles. The van der Waals surface area contributed by atoms with Crippen molar-refractivity contribution in [2.75, 3.05) is 7.05 Å². The molecule has 16 heavy (non-hydrogen) atoms. The van der Waals surface area contributed by atoms with Crippen molar-refractivity contribution >= 4 is 0 Å². The molecule has 1 aliphatic rings. The van der Waals surface area contributed by atoms with Gasteiger partial charge in [-0.1, -0.05) is 32.1 Å². The zero-order chi connectivity index (χ0) is 11.2. The average molecular weight is 221 g/mol. The van der Waals surface area contributed by atoms with Crippen LogP contribution in [-0.2, 0) is 6.42 Å². The second-order valence-electron chi connectivity index (χ2n) is 4.97. The van der Waals surface area contributed by atoms with Gasteiger partial charge in [-0.25, -0.2) is 4.98 Å². The van der Waals surface area contributed by atoms with Crippen LogP contribution in [0.1, 0.15) is 44.3 Å². The van der Waals surface area contributed by atoms with Crippen molar-refractivity contribution in [2.24, 2.45) is 5.92 Å². The number of likely N-dealkylation sites (N-methyl/N-ethyl adjacent to an activating group) is 1. The van der Waals surface area contributed by atoms with Crippen molar-refractivity contribution in [3.8, 4) is 0 Å². The molecular weight excluding hydrogens is 198 g/mol. The molecule has 0 amide bonds. The minimum absolute atomic E-state index is 0.578. The number of imidazole rings is 1. The van der Waals surface area contributed by atoms with Crippen LogP contribution in [-0.4, -0.2) is 23.1 Å². The minimum atomic E-state index is 0.578. The Morgan fingerprint density at radius 2 is 2.25 bits per heavy atom. The van der Waals surface area contributed by atoms with Gasteiger partial charge in [-0.15, -0.1) is 0 Å². The molecule has 1 heterocycles. The highest BCUT2D eigenvalue weighted by molar-refractivity contribution is 4.91. The standard InChI is InChI=1S/C13H23N3/c1-14-12(10-13-15-7-8-16-13)9-11-5-3-2-4-6-11/h7-8,11-12,14H,2-6,9-10H2,1H3,(H,15,16). The number of aromatic amines is 1. The topological polar surface area (TPSA) is 40.7 Å². The van der Waals surface area contributed by atoms with E-state index in [1.807, 2.05) is 12.4 Å². The van der Waals surface area contributed by atoms with Crippen LogP contribution in [0.4, 0.5) is 0 Å². The fourth-order valence-electron chi connectivity index (χ4n) is 2.77. The van der Waals surface area contributed by atoms with Crippen molar-refractivity contribution in [1.29, 1.82) is 0 Å². The van der Waals surface area contributed by atoms with E-state index in [2.05, 4.69) is 22.3 Å². The summed E-state index contributed by atoms with van der Waals surface area (Å²) in [7, 11) is 2.07. The van der Waals surface area contributed by atoms with Gasteiger partial charge in [0.2, 0.25) is 0 Å². The fourth-order valence-corrected chi connectivity index (χ4v) is 2.77. The maximum Gasteiger partial charge on any atom is 0.107 e. The summed E-state index contributed by atoms with van der Waals surface area (Å²) in [5, 5.41) is 3.43. The highest BCUT2D eigenvalue weighted by atomic mass is 14.9. The second kappa shape index (κ2) is 6.04. The molecule has 1 aromatic heterocycles. The van der Waals surface area contributed by atoms with Gasteiger partial charge in [0, 0.05) is 24.9 Å². The lowest BCUT2D eigenvalue weighted by Crippen LogP contribution is -2.31. The molecule has 0 radical (unpaired) electrons. The molecule has 1 aromatic rings. The lowest BCUT2D eigenvalue weighted by atomic mass is 9.84. The predicted octanol–water partition coefficient (Wildman–Crippen LogP) is 2.51. The van der Waals surface area contributed by atoms with E-state index in [1.165, 1.54) is 38.5 Å². The number of nitrogens with zero attached hydrogens (tertiary/aromatic N) is 1. The predicted molar refractivity (Wildman–Crippen MR) is 66.3 cm³/mol. The molecule has 1 aliphatic carbocycles. The molecule has 90 valence electrons. The summed E-state index contributed by atoms with van der Waals surface area (Å²) in [6.07, 6.45) is 13.2. The quantitative estimate of drug-likeness (QED) is 0.802. The molecule has 3 nitrogen and oxygen atoms in total. The van der Waals surface area contributed by atoms with Crippen molar-refractivity contribution < 1.29 is 0 Å². The first-order valence-corrected chi connectivity index (χ1v) is 6.54. The van der Waals surface area contributed by atoms with Gasteiger partial charge in [0.25, 0.3) is 0 Å². The van der Waals surface area contributed by atoms with Gasteiger partial charge in [-0.3, -0.25) is 0 Å². The lowest BCUT2D eigenvalue weighted by molar-refractivity contribution is 0.301. The zero-order valence-electron chi connectivity index (χ0n) is 10.2. The minimum Gasteiger partial charge on any atom is -0.349 e. The van der Waals surface area contributed by atoms with Crippen LogP contribution in [0.3, 0.4) is 0 Å². The van der Waals surface area contributed by atoms with E-state index < -0.39 is 0 Å². The van der Waals surface area contributed by atoms with Crippen LogP contribution in [0.25, 0.3) is 0 Å². The zero-order valence-corrected chi connectivity index (χ0v) is 10.2.